The normalized spacial score (nSPS) is 10.3. The maximum absolute atomic E-state index is 12.6. The van der Waals surface area contributed by atoms with E-state index in [0.717, 1.165) is 5.56 Å². The van der Waals surface area contributed by atoms with Crippen LogP contribution in [0.3, 0.4) is 0 Å². The molecule has 0 aliphatic heterocycles. The highest BCUT2D eigenvalue weighted by atomic mass is 35.5. The molecule has 0 unspecified atom stereocenters. The summed E-state index contributed by atoms with van der Waals surface area (Å²) in [6.45, 7) is 2.67. The molecule has 0 saturated heterocycles. The lowest BCUT2D eigenvalue weighted by molar-refractivity contribution is -0.383. The first kappa shape index (κ1) is 16.8. The molecule has 0 aliphatic carbocycles. The standard InChI is InChI=1S/C16H16ClN3O3/c1-2-19(10-11-4-3-5-13(17)8-11)16(21)12-6-7-14(18)15(9-12)20(22)23/h3-9H,2,10,18H2,1H3. The quantitative estimate of drug-likeness (QED) is 0.515. The lowest BCUT2D eigenvalue weighted by Gasteiger charge is -2.21. The third kappa shape index (κ3) is 3.98. The van der Waals surface area contributed by atoms with Crippen molar-refractivity contribution in [2.75, 3.05) is 12.3 Å². The van der Waals surface area contributed by atoms with E-state index in [9.17, 15) is 14.9 Å². The van der Waals surface area contributed by atoms with Gasteiger partial charge in [-0.15, -0.1) is 0 Å². The summed E-state index contributed by atoms with van der Waals surface area (Å²) in [5.74, 6) is -0.296. The minimum Gasteiger partial charge on any atom is -0.393 e. The molecule has 7 heteroatoms. The van der Waals surface area contributed by atoms with Gasteiger partial charge >= 0.3 is 0 Å². The van der Waals surface area contributed by atoms with E-state index in [2.05, 4.69) is 0 Å². The highest BCUT2D eigenvalue weighted by Gasteiger charge is 2.19. The Labute approximate surface area is 138 Å². The molecule has 6 nitrogen and oxygen atoms in total. The van der Waals surface area contributed by atoms with Crippen molar-refractivity contribution in [2.24, 2.45) is 0 Å². The van der Waals surface area contributed by atoms with Gasteiger partial charge in [-0.1, -0.05) is 23.7 Å². The van der Waals surface area contributed by atoms with E-state index in [1.807, 2.05) is 19.1 Å². The number of rotatable bonds is 5. The molecule has 0 aliphatic rings. The number of hydrogen-bond acceptors (Lipinski definition) is 4. The second-order valence-corrected chi connectivity index (χ2v) is 5.42. The number of amides is 1. The highest BCUT2D eigenvalue weighted by Crippen LogP contribution is 2.23. The third-order valence-electron chi connectivity index (χ3n) is 3.41. The summed E-state index contributed by atoms with van der Waals surface area (Å²) < 4.78 is 0. The Morgan fingerprint density at radius 2 is 2.04 bits per heavy atom. The van der Waals surface area contributed by atoms with Crippen LogP contribution in [0.15, 0.2) is 42.5 Å². The van der Waals surface area contributed by atoms with Crippen molar-refractivity contribution < 1.29 is 9.72 Å². The Morgan fingerprint density at radius 3 is 2.65 bits per heavy atom. The van der Waals surface area contributed by atoms with Gasteiger partial charge in [-0.2, -0.15) is 0 Å². The van der Waals surface area contributed by atoms with E-state index >= 15 is 0 Å². The van der Waals surface area contributed by atoms with Crippen LogP contribution in [0.25, 0.3) is 0 Å². The number of nitro groups is 1. The predicted octanol–water partition coefficient (Wildman–Crippen LogP) is 3.49. The van der Waals surface area contributed by atoms with Gasteiger partial charge in [0.2, 0.25) is 0 Å². The molecule has 0 atom stereocenters. The lowest BCUT2D eigenvalue weighted by Crippen LogP contribution is -2.30. The molecular formula is C16H16ClN3O3. The van der Waals surface area contributed by atoms with Crippen molar-refractivity contribution in [1.29, 1.82) is 0 Å². The van der Waals surface area contributed by atoms with Gasteiger partial charge < -0.3 is 10.6 Å². The van der Waals surface area contributed by atoms with E-state index in [4.69, 9.17) is 17.3 Å². The maximum Gasteiger partial charge on any atom is 0.292 e. The second-order valence-electron chi connectivity index (χ2n) is 4.98. The van der Waals surface area contributed by atoms with Gasteiger partial charge in [-0.3, -0.25) is 14.9 Å². The molecule has 0 radical (unpaired) electrons. The minimum atomic E-state index is -0.598. The molecule has 2 N–H and O–H groups in total. The first-order valence-electron chi connectivity index (χ1n) is 7.00. The number of nitrogens with two attached hydrogens (primary N) is 1. The minimum absolute atomic E-state index is 0.0319. The first-order valence-corrected chi connectivity index (χ1v) is 7.37. The number of anilines is 1. The van der Waals surface area contributed by atoms with Gasteiger partial charge in [0.15, 0.2) is 0 Å². The Hall–Kier alpha value is -2.60. The van der Waals surface area contributed by atoms with Gasteiger partial charge in [0.25, 0.3) is 11.6 Å². The fourth-order valence-corrected chi connectivity index (χ4v) is 2.41. The molecule has 1 amide bonds. The van der Waals surface area contributed by atoms with Gasteiger partial charge in [0.1, 0.15) is 5.69 Å². The van der Waals surface area contributed by atoms with Gasteiger partial charge in [-0.25, -0.2) is 0 Å². The number of hydrogen-bond donors (Lipinski definition) is 1. The first-order chi connectivity index (χ1) is 10.9. The van der Waals surface area contributed by atoms with Crippen molar-refractivity contribution in [2.45, 2.75) is 13.5 Å². The van der Waals surface area contributed by atoms with E-state index in [1.54, 1.807) is 17.0 Å². The SMILES string of the molecule is CCN(Cc1cccc(Cl)c1)C(=O)c1ccc(N)c([N+](=O)[O-])c1. The fourth-order valence-electron chi connectivity index (χ4n) is 2.20. The summed E-state index contributed by atoms with van der Waals surface area (Å²) in [7, 11) is 0. The topological polar surface area (TPSA) is 89.5 Å². The number of halogens is 1. The van der Waals surface area contributed by atoms with Crippen molar-refractivity contribution in [3.63, 3.8) is 0 Å². The van der Waals surface area contributed by atoms with Crippen molar-refractivity contribution in [1.82, 2.24) is 4.90 Å². The average Bonchev–Trinajstić information content (AvgIpc) is 2.52. The van der Waals surface area contributed by atoms with Crippen LogP contribution >= 0.6 is 11.6 Å². The number of carbonyl (C=O) groups is 1. The summed E-state index contributed by atoms with van der Waals surface area (Å²) in [4.78, 5) is 24.5. The second kappa shape index (κ2) is 7.11. The summed E-state index contributed by atoms with van der Waals surface area (Å²) in [6, 6.07) is 11.3. The van der Waals surface area contributed by atoms with Crippen molar-refractivity contribution >= 4 is 28.9 Å². The third-order valence-corrected chi connectivity index (χ3v) is 3.64. The lowest BCUT2D eigenvalue weighted by atomic mass is 10.1. The largest absolute Gasteiger partial charge is 0.393 e. The Morgan fingerprint density at radius 1 is 1.30 bits per heavy atom. The number of benzene rings is 2. The maximum atomic E-state index is 12.6. The van der Waals surface area contributed by atoms with Crippen molar-refractivity contribution in [3.05, 3.63) is 68.7 Å². The van der Waals surface area contributed by atoms with Crippen LogP contribution in [-0.2, 0) is 6.54 Å². The number of nitro benzene ring substituents is 1. The van der Waals surface area contributed by atoms with Gasteiger partial charge in [-0.05, 0) is 36.8 Å². The highest BCUT2D eigenvalue weighted by molar-refractivity contribution is 6.30. The Balaban J connectivity index is 2.26. The fraction of sp³-hybridized carbons (Fsp3) is 0.188. The zero-order valence-corrected chi connectivity index (χ0v) is 13.3. The molecule has 2 aromatic rings. The molecule has 0 aromatic heterocycles. The van der Waals surface area contributed by atoms with Crippen molar-refractivity contribution in [3.8, 4) is 0 Å². The summed E-state index contributed by atoms with van der Waals surface area (Å²) in [5, 5.41) is 11.5. The molecular weight excluding hydrogens is 318 g/mol. The number of carbonyl (C=O) groups excluding carboxylic acids is 1. The number of nitrogen functional groups attached to an aromatic ring is 1. The molecule has 120 valence electrons. The van der Waals surface area contributed by atoms with Crippen LogP contribution in [-0.4, -0.2) is 22.3 Å². The smallest absolute Gasteiger partial charge is 0.292 e. The van der Waals surface area contributed by atoms with Crippen LogP contribution in [0, 0.1) is 10.1 Å². The average molecular weight is 334 g/mol. The monoisotopic (exact) mass is 333 g/mol. The Bertz CT molecular complexity index is 749. The molecule has 2 aromatic carbocycles. The van der Waals surface area contributed by atoms with Crippen LogP contribution in [0.1, 0.15) is 22.8 Å². The molecule has 0 heterocycles. The molecule has 23 heavy (non-hydrogen) atoms. The molecule has 0 bridgehead atoms. The van der Waals surface area contributed by atoms with Crippen LogP contribution < -0.4 is 5.73 Å². The van der Waals surface area contributed by atoms with E-state index in [0.29, 0.717) is 18.1 Å². The zero-order chi connectivity index (χ0) is 17.0. The van der Waals surface area contributed by atoms with Crippen LogP contribution in [0.5, 0.6) is 0 Å². The number of nitrogens with zero attached hydrogens (tertiary/aromatic N) is 2. The van der Waals surface area contributed by atoms with Gasteiger partial charge in [0, 0.05) is 29.7 Å². The van der Waals surface area contributed by atoms with E-state index in [1.165, 1.54) is 18.2 Å². The predicted molar refractivity (Wildman–Crippen MR) is 89.4 cm³/mol. The Kier molecular flexibility index (Phi) is 5.18. The van der Waals surface area contributed by atoms with E-state index < -0.39 is 4.92 Å². The van der Waals surface area contributed by atoms with Gasteiger partial charge in [0.05, 0.1) is 4.92 Å². The summed E-state index contributed by atoms with van der Waals surface area (Å²) >= 11 is 5.95. The molecule has 0 fully saturated rings. The van der Waals surface area contributed by atoms with E-state index in [-0.39, 0.29) is 22.8 Å². The zero-order valence-electron chi connectivity index (χ0n) is 12.5. The molecule has 0 saturated carbocycles. The van der Waals surface area contributed by atoms with Crippen LogP contribution in [0.2, 0.25) is 5.02 Å². The molecule has 0 spiro atoms. The summed E-state index contributed by atoms with van der Waals surface area (Å²) in [6.07, 6.45) is 0. The molecule has 2 rings (SSSR count). The van der Waals surface area contributed by atoms with Crippen LogP contribution in [0.4, 0.5) is 11.4 Å². The summed E-state index contributed by atoms with van der Waals surface area (Å²) in [5.41, 5.74) is 6.44.